The van der Waals surface area contributed by atoms with E-state index in [-0.39, 0.29) is 11.9 Å². The van der Waals surface area contributed by atoms with Crippen molar-refractivity contribution in [2.75, 3.05) is 19.7 Å². The zero-order valence-electron chi connectivity index (χ0n) is 8.08. The van der Waals surface area contributed by atoms with Gasteiger partial charge < -0.3 is 10.1 Å². The van der Waals surface area contributed by atoms with Gasteiger partial charge in [0.25, 0.3) is 0 Å². The number of carbonyl (C=O) groups excluding carboxylic acids is 1. The van der Waals surface area contributed by atoms with Gasteiger partial charge in [0.1, 0.15) is 6.10 Å². The maximum absolute atomic E-state index is 11.9. The van der Waals surface area contributed by atoms with Crippen molar-refractivity contribution < 1.29 is 9.53 Å². The molecule has 1 fully saturated rings. The fraction of sp³-hybridized carbons (Fsp3) is 0.500. The van der Waals surface area contributed by atoms with Crippen LogP contribution in [0.15, 0.2) is 11.4 Å². The second kappa shape index (κ2) is 4.21. The highest BCUT2D eigenvalue weighted by Crippen LogP contribution is 2.16. The summed E-state index contributed by atoms with van der Waals surface area (Å²) in [6.07, 6.45) is -0.294. The Morgan fingerprint density at radius 3 is 3.14 bits per heavy atom. The number of nitrogens with one attached hydrogen (secondary N) is 1. The Morgan fingerprint density at radius 2 is 2.57 bits per heavy atom. The lowest BCUT2D eigenvalue weighted by atomic mass is 10.1. The minimum atomic E-state index is -0.294. The molecule has 1 saturated heterocycles. The SMILES string of the molecule is Cc1cc(C(=O)C2CNCCO2)cs1. The van der Waals surface area contributed by atoms with Gasteiger partial charge in [-0.2, -0.15) is 0 Å². The van der Waals surface area contributed by atoms with Crippen molar-refractivity contribution in [3.05, 3.63) is 21.9 Å². The molecule has 76 valence electrons. The fourth-order valence-corrected chi connectivity index (χ4v) is 2.18. The number of ketones is 1. The molecule has 3 nitrogen and oxygen atoms in total. The maximum Gasteiger partial charge on any atom is 0.193 e. The molecular formula is C10H13NO2S. The summed E-state index contributed by atoms with van der Waals surface area (Å²) >= 11 is 1.60. The second-order valence-corrected chi connectivity index (χ2v) is 4.49. The first kappa shape index (κ1) is 9.83. The average Bonchev–Trinajstić information content (AvgIpc) is 2.65. The highest BCUT2D eigenvalue weighted by Gasteiger charge is 2.23. The summed E-state index contributed by atoms with van der Waals surface area (Å²) in [6, 6.07) is 1.92. The van der Waals surface area contributed by atoms with Gasteiger partial charge in [-0.3, -0.25) is 4.79 Å². The van der Waals surface area contributed by atoms with Gasteiger partial charge in [-0.1, -0.05) is 0 Å². The molecule has 1 atom stereocenters. The number of morpholine rings is 1. The van der Waals surface area contributed by atoms with Gasteiger partial charge >= 0.3 is 0 Å². The first-order valence-electron chi connectivity index (χ1n) is 4.69. The normalized spacial score (nSPS) is 22.2. The lowest BCUT2D eigenvalue weighted by Gasteiger charge is -2.21. The van der Waals surface area contributed by atoms with E-state index in [9.17, 15) is 4.79 Å². The minimum absolute atomic E-state index is 0.0987. The van der Waals surface area contributed by atoms with Crippen molar-refractivity contribution in [3.63, 3.8) is 0 Å². The Labute approximate surface area is 87.1 Å². The largest absolute Gasteiger partial charge is 0.367 e. The molecule has 1 aliphatic heterocycles. The lowest BCUT2D eigenvalue weighted by molar-refractivity contribution is 0.0270. The van der Waals surface area contributed by atoms with E-state index in [0.29, 0.717) is 13.2 Å². The van der Waals surface area contributed by atoms with Gasteiger partial charge in [0.15, 0.2) is 5.78 Å². The molecule has 0 aliphatic carbocycles. The number of rotatable bonds is 2. The third-order valence-corrected chi connectivity index (χ3v) is 3.10. The molecule has 0 radical (unpaired) electrons. The van der Waals surface area contributed by atoms with Crippen LogP contribution in [0.4, 0.5) is 0 Å². The van der Waals surface area contributed by atoms with E-state index in [0.717, 1.165) is 17.0 Å². The van der Waals surface area contributed by atoms with E-state index < -0.39 is 0 Å². The van der Waals surface area contributed by atoms with E-state index >= 15 is 0 Å². The number of Topliss-reactive ketones (excluding diaryl/α,β-unsaturated/α-hetero) is 1. The predicted octanol–water partition coefficient (Wildman–Crippen LogP) is 1.23. The van der Waals surface area contributed by atoms with E-state index in [4.69, 9.17) is 4.74 Å². The van der Waals surface area contributed by atoms with Crippen molar-refractivity contribution in [3.8, 4) is 0 Å². The van der Waals surface area contributed by atoms with Crippen molar-refractivity contribution in [1.82, 2.24) is 5.32 Å². The molecule has 4 heteroatoms. The van der Waals surface area contributed by atoms with Gasteiger partial charge in [0, 0.05) is 28.9 Å². The third-order valence-electron chi connectivity index (χ3n) is 2.24. The first-order chi connectivity index (χ1) is 6.77. The van der Waals surface area contributed by atoms with Gasteiger partial charge in [0.2, 0.25) is 0 Å². The van der Waals surface area contributed by atoms with E-state index in [2.05, 4.69) is 5.32 Å². The summed E-state index contributed by atoms with van der Waals surface area (Å²) < 4.78 is 5.40. The van der Waals surface area contributed by atoms with Crippen molar-refractivity contribution >= 4 is 17.1 Å². The molecule has 1 unspecified atom stereocenters. The van der Waals surface area contributed by atoms with Gasteiger partial charge in [-0.05, 0) is 13.0 Å². The second-order valence-electron chi connectivity index (χ2n) is 3.37. The molecule has 0 saturated carbocycles. The lowest BCUT2D eigenvalue weighted by Crippen LogP contribution is -2.42. The Kier molecular flexibility index (Phi) is 2.96. The molecule has 1 aromatic heterocycles. The number of hydrogen-bond acceptors (Lipinski definition) is 4. The van der Waals surface area contributed by atoms with Crippen molar-refractivity contribution in [1.29, 1.82) is 0 Å². The standard InChI is InChI=1S/C10H13NO2S/c1-7-4-8(6-14-7)10(12)9-5-11-2-3-13-9/h4,6,9,11H,2-3,5H2,1H3. The maximum atomic E-state index is 11.9. The van der Waals surface area contributed by atoms with Crippen LogP contribution in [-0.2, 0) is 4.74 Å². The van der Waals surface area contributed by atoms with Crippen molar-refractivity contribution in [2.45, 2.75) is 13.0 Å². The molecule has 0 aromatic carbocycles. The molecule has 1 N–H and O–H groups in total. The third kappa shape index (κ3) is 2.03. The Balaban J connectivity index is 2.07. The summed E-state index contributed by atoms with van der Waals surface area (Å²) in [5.41, 5.74) is 0.779. The van der Waals surface area contributed by atoms with Crippen LogP contribution in [0, 0.1) is 6.92 Å². The number of thiophene rings is 1. The molecule has 1 aliphatic rings. The summed E-state index contributed by atoms with van der Waals surface area (Å²) in [6.45, 7) is 4.10. The van der Waals surface area contributed by atoms with Crippen LogP contribution in [0.2, 0.25) is 0 Å². The molecule has 2 heterocycles. The highest BCUT2D eigenvalue weighted by molar-refractivity contribution is 7.10. The van der Waals surface area contributed by atoms with E-state index in [1.807, 2.05) is 18.4 Å². The van der Waals surface area contributed by atoms with Crippen LogP contribution in [0.3, 0.4) is 0 Å². The number of ether oxygens (including phenoxy) is 1. The predicted molar refractivity (Wildman–Crippen MR) is 56.0 cm³/mol. The first-order valence-corrected chi connectivity index (χ1v) is 5.57. The molecule has 0 spiro atoms. The van der Waals surface area contributed by atoms with Crippen LogP contribution in [0.5, 0.6) is 0 Å². The molecular weight excluding hydrogens is 198 g/mol. The Bertz CT molecular complexity index is 329. The minimum Gasteiger partial charge on any atom is -0.367 e. The fourth-order valence-electron chi connectivity index (χ4n) is 1.49. The molecule has 14 heavy (non-hydrogen) atoms. The summed E-state index contributed by atoms with van der Waals surface area (Å²) in [5, 5.41) is 5.05. The topological polar surface area (TPSA) is 38.3 Å². The van der Waals surface area contributed by atoms with E-state index in [1.165, 1.54) is 0 Å². The number of hydrogen-bond donors (Lipinski definition) is 1. The summed E-state index contributed by atoms with van der Waals surface area (Å²) in [7, 11) is 0. The van der Waals surface area contributed by atoms with Crippen LogP contribution < -0.4 is 5.32 Å². The Morgan fingerprint density at radius 1 is 1.71 bits per heavy atom. The molecule has 2 rings (SSSR count). The number of aryl methyl sites for hydroxylation is 1. The van der Waals surface area contributed by atoms with E-state index in [1.54, 1.807) is 11.3 Å². The summed E-state index contributed by atoms with van der Waals surface area (Å²) in [4.78, 5) is 13.0. The summed E-state index contributed by atoms with van der Waals surface area (Å²) in [5.74, 6) is 0.0987. The highest BCUT2D eigenvalue weighted by atomic mass is 32.1. The van der Waals surface area contributed by atoms with Gasteiger partial charge in [-0.15, -0.1) is 11.3 Å². The zero-order valence-corrected chi connectivity index (χ0v) is 8.89. The number of carbonyl (C=O) groups is 1. The molecule has 0 amide bonds. The van der Waals surface area contributed by atoms with Gasteiger partial charge in [-0.25, -0.2) is 0 Å². The molecule has 0 bridgehead atoms. The monoisotopic (exact) mass is 211 g/mol. The Hall–Kier alpha value is -0.710. The zero-order chi connectivity index (χ0) is 9.97. The quantitative estimate of drug-likeness (QED) is 0.748. The van der Waals surface area contributed by atoms with Crippen LogP contribution in [0.25, 0.3) is 0 Å². The average molecular weight is 211 g/mol. The van der Waals surface area contributed by atoms with Crippen LogP contribution >= 0.6 is 11.3 Å². The van der Waals surface area contributed by atoms with Gasteiger partial charge in [0.05, 0.1) is 6.61 Å². The van der Waals surface area contributed by atoms with Crippen LogP contribution in [-0.4, -0.2) is 31.6 Å². The van der Waals surface area contributed by atoms with Crippen molar-refractivity contribution in [2.24, 2.45) is 0 Å². The van der Waals surface area contributed by atoms with Crippen LogP contribution in [0.1, 0.15) is 15.2 Å². The molecule has 1 aromatic rings. The smallest absolute Gasteiger partial charge is 0.193 e.